The molecule has 0 aliphatic carbocycles. The first-order chi connectivity index (χ1) is 9.81. The molecule has 0 aromatic rings. The highest BCUT2D eigenvalue weighted by atomic mass is 16.7. The molecule has 1 heterocycles. The van der Waals surface area contributed by atoms with Crippen LogP contribution in [0.1, 0.15) is 41.0 Å². The maximum absolute atomic E-state index is 11.4. The fourth-order valence-corrected chi connectivity index (χ4v) is 1.25. The van der Waals surface area contributed by atoms with Crippen LogP contribution in [-0.4, -0.2) is 43.7 Å². The Bertz CT molecular complexity index is 352. The summed E-state index contributed by atoms with van der Waals surface area (Å²) in [6.45, 7) is 12.5. The van der Waals surface area contributed by atoms with Gasteiger partial charge in [0.1, 0.15) is 6.61 Å². The van der Waals surface area contributed by atoms with Crippen LogP contribution in [0.2, 0.25) is 0 Å². The van der Waals surface area contributed by atoms with Gasteiger partial charge in [0.25, 0.3) is 0 Å². The summed E-state index contributed by atoms with van der Waals surface area (Å²) in [6, 6.07) is 0. The van der Waals surface area contributed by atoms with Crippen molar-refractivity contribution in [2.24, 2.45) is 0 Å². The Balaban J connectivity index is 0.00000122. The summed E-state index contributed by atoms with van der Waals surface area (Å²) in [4.78, 5) is 22.4. The van der Waals surface area contributed by atoms with Crippen molar-refractivity contribution in [2.75, 3.05) is 13.2 Å². The summed E-state index contributed by atoms with van der Waals surface area (Å²) in [5.74, 6) is -1.31. The second-order valence-electron chi connectivity index (χ2n) is 4.86. The van der Waals surface area contributed by atoms with E-state index in [1.165, 1.54) is 13.3 Å². The molecule has 0 aromatic carbocycles. The van der Waals surface area contributed by atoms with Crippen LogP contribution in [-0.2, 0) is 28.5 Å². The van der Waals surface area contributed by atoms with Gasteiger partial charge in [-0.3, -0.25) is 0 Å². The molecule has 1 rings (SSSR count). The third-order valence-electron chi connectivity index (χ3n) is 2.46. The SMILES string of the molecule is C=C(C)C(=O)OCC(=O)OC1COC(C)C(C)O1.CCC. The molecule has 0 spiro atoms. The van der Waals surface area contributed by atoms with Crippen LogP contribution in [0, 0.1) is 0 Å². The Morgan fingerprint density at radius 3 is 2.29 bits per heavy atom. The smallest absolute Gasteiger partial charge is 0.346 e. The fourth-order valence-electron chi connectivity index (χ4n) is 1.25. The van der Waals surface area contributed by atoms with Gasteiger partial charge in [-0.25, -0.2) is 9.59 Å². The first-order valence-corrected chi connectivity index (χ1v) is 7.10. The molecule has 1 aliphatic rings. The minimum absolute atomic E-state index is 0.0406. The molecule has 6 heteroatoms. The first kappa shape index (κ1) is 19.6. The quantitative estimate of drug-likeness (QED) is 0.586. The Hall–Kier alpha value is -1.40. The molecule has 1 saturated heterocycles. The summed E-state index contributed by atoms with van der Waals surface area (Å²) in [7, 11) is 0. The number of rotatable bonds is 4. The molecular weight excluding hydrogens is 276 g/mol. The van der Waals surface area contributed by atoms with E-state index in [1.54, 1.807) is 0 Å². The normalized spacial score (nSPS) is 24.3. The second kappa shape index (κ2) is 10.3. The van der Waals surface area contributed by atoms with Crippen molar-refractivity contribution in [1.29, 1.82) is 0 Å². The third kappa shape index (κ3) is 8.47. The molecule has 3 unspecified atom stereocenters. The van der Waals surface area contributed by atoms with E-state index in [4.69, 9.17) is 14.2 Å². The van der Waals surface area contributed by atoms with Crippen molar-refractivity contribution in [3.05, 3.63) is 12.2 Å². The van der Waals surface area contributed by atoms with Gasteiger partial charge in [-0.05, 0) is 20.8 Å². The van der Waals surface area contributed by atoms with Crippen LogP contribution in [0.25, 0.3) is 0 Å². The number of carbonyl (C=O) groups excluding carboxylic acids is 2. The van der Waals surface area contributed by atoms with Crippen LogP contribution < -0.4 is 0 Å². The van der Waals surface area contributed by atoms with Crippen molar-refractivity contribution in [1.82, 2.24) is 0 Å². The number of carbonyl (C=O) groups is 2. The predicted octanol–water partition coefficient (Wildman–Crippen LogP) is 2.22. The number of hydrogen-bond acceptors (Lipinski definition) is 6. The van der Waals surface area contributed by atoms with Crippen molar-refractivity contribution >= 4 is 11.9 Å². The maximum Gasteiger partial charge on any atom is 0.346 e. The van der Waals surface area contributed by atoms with Crippen LogP contribution in [0.4, 0.5) is 0 Å². The van der Waals surface area contributed by atoms with E-state index in [9.17, 15) is 9.59 Å². The molecule has 1 fully saturated rings. The number of esters is 2. The standard InChI is InChI=1S/C12H18O6.C3H8/c1-7(2)12(14)16-5-10(13)18-11-6-15-8(3)9(4)17-11;1-3-2/h8-9,11H,1,5-6H2,2-4H3;3H2,1-2H3. The molecule has 1 aliphatic heterocycles. The van der Waals surface area contributed by atoms with Crippen LogP contribution in [0.3, 0.4) is 0 Å². The zero-order valence-electron chi connectivity index (χ0n) is 13.5. The van der Waals surface area contributed by atoms with Crippen molar-refractivity contribution in [3.8, 4) is 0 Å². The molecule has 21 heavy (non-hydrogen) atoms. The fraction of sp³-hybridized carbons (Fsp3) is 0.733. The summed E-state index contributed by atoms with van der Waals surface area (Å²) in [5.41, 5.74) is 0.225. The lowest BCUT2D eigenvalue weighted by atomic mass is 10.2. The molecule has 0 saturated carbocycles. The molecule has 6 nitrogen and oxygen atoms in total. The van der Waals surface area contributed by atoms with Crippen LogP contribution in [0.15, 0.2) is 12.2 Å². The van der Waals surface area contributed by atoms with Crippen LogP contribution >= 0.6 is 0 Å². The molecule has 0 N–H and O–H groups in total. The minimum atomic E-state index is -0.757. The van der Waals surface area contributed by atoms with E-state index >= 15 is 0 Å². The largest absolute Gasteiger partial charge is 0.450 e. The van der Waals surface area contributed by atoms with E-state index in [0.29, 0.717) is 0 Å². The highest BCUT2D eigenvalue weighted by Crippen LogP contribution is 2.15. The van der Waals surface area contributed by atoms with Gasteiger partial charge in [0.2, 0.25) is 6.29 Å². The van der Waals surface area contributed by atoms with E-state index in [1.807, 2.05) is 13.8 Å². The van der Waals surface area contributed by atoms with E-state index in [0.717, 1.165) is 0 Å². The van der Waals surface area contributed by atoms with E-state index in [-0.39, 0.29) is 24.4 Å². The monoisotopic (exact) mass is 302 g/mol. The molecule has 0 aromatic heterocycles. The van der Waals surface area contributed by atoms with Gasteiger partial charge in [-0.2, -0.15) is 0 Å². The van der Waals surface area contributed by atoms with Gasteiger partial charge in [0.05, 0.1) is 12.2 Å². The highest BCUT2D eigenvalue weighted by molar-refractivity contribution is 5.88. The Labute approximate surface area is 126 Å². The Morgan fingerprint density at radius 1 is 1.24 bits per heavy atom. The predicted molar refractivity (Wildman–Crippen MR) is 77.6 cm³/mol. The van der Waals surface area contributed by atoms with E-state index in [2.05, 4.69) is 25.2 Å². The van der Waals surface area contributed by atoms with Gasteiger partial charge in [-0.15, -0.1) is 0 Å². The average Bonchev–Trinajstić information content (AvgIpc) is 2.41. The lowest BCUT2D eigenvalue weighted by Gasteiger charge is -2.32. The van der Waals surface area contributed by atoms with Gasteiger partial charge in [-0.1, -0.05) is 26.8 Å². The average molecular weight is 302 g/mol. The molecule has 0 radical (unpaired) electrons. The van der Waals surface area contributed by atoms with Crippen molar-refractivity contribution in [3.63, 3.8) is 0 Å². The molecule has 122 valence electrons. The minimum Gasteiger partial charge on any atom is -0.450 e. The molecular formula is C15H26O6. The van der Waals surface area contributed by atoms with Crippen LogP contribution in [0.5, 0.6) is 0 Å². The highest BCUT2D eigenvalue weighted by Gasteiger charge is 2.28. The molecule has 3 atom stereocenters. The van der Waals surface area contributed by atoms with Gasteiger partial charge in [0.15, 0.2) is 6.61 Å². The van der Waals surface area contributed by atoms with Crippen molar-refractivity contribution in [2.45, 2.75) is 59.5 Å². The lowest BCUT2D eigenvalue weighted by molar-refractivity contribution is -0.254. The van der Waals surface area contributed by atoms with Crippen molar-refractivity contribution < 1.29 is 28.5 Å². The van der Waals surface area contributed by atoms with Gasteiger partial charge >= 0.3 is 11.9 Å². The molecule has 0 bridgehead atoms. The lowest BCUT2D eigenvalue weighted by Crippen LogP contribution is -2.42. The Kier molecular flexibility index (Phi) is 9.65. The number of ether oxygens (including phenoxy) is 4. The third-order valence-corrected chi connectivity index (χ3v) is 2.46. The number of hydrogen-bond donors (Lipinski definition) is 0. The topological polar surface area (TPSA) is 71.1 Å². The van der Waals surface area contributed by atoms with E-state index < -0.39 is 24.8 Å². The molecule has 0 amide bonds. The zero-order valence-corrected chi connectivity index (χ0v) is 13.5. The van der Waals surface area contributed by atoms with Gasteiger partial charge < -0.3 is 18.9 Å². The summed E-state index contributed by atoms with van der Waals surface area (Å²) in [6.07, 6.45) is 0.294. The summed E-state index contributed by atoms with van der Waals surface area (Å²) < 4.78 is 20.3. The summed E-state index contributed by atoms with van der Waals surface area (Å²) >= 11 is 0. The zero-order chi connectivity index (χ0) is 16.4. The summed E-state index contributed by atoms with van der Waals surface area (Å²) in [5, 5.41) is 0. The Morgan fingerprint density at radius 2 is 1.81 bits per heavy atom. The second-order valence-corrected chi connectivity index (χ2v) is 4.86. The first-order valence-electron chi connectivity index (χ1n) is 7.10. The van der Waals surface area contributed by atoms with Gasteiger partial charge in [0, 0.05) is 5.57 Å². The maximum atomic E-state index is 11.4.